The summed E-state index contributed by atoms with van der Waals surface area (Å²) in [4.78, 5) is 9.39. The smallest absolute Gasteiger partial charge is 0.116 e. The van der Waals surface area contributed by atoms with E-state index in [4.69, 9.17) is 31.9 Å². The highest BCUT2D eigenvalue weighted by atomic mass is 32.1. The molecule has 0 aliphatic carbocycles. The van der Waals surface area contributed by atoms with Gasteiger partial charge < -0.3 is 0 Å². The summed E-state index contributed by atoms with van der Waals surface area (Å²) >= 11 is 1.39. The Bertz CT molecular complexity index is 5170. The summed E-state index contributed by atoms with van der Waals surface area (Å²) in [6.45, 7) is 0. The van der Waals surface area contributed by atoms with Crippen LogP contribution in [0.1, 0.15) is 30.2 Å². The molecule has 282 valence electrons. The van der Waals surface area contributed by atoms with E-state index < -0.39 is 127 Å². The predicted octanol–water partition coefficient (Wildman–Crippen LogP) is 16.4. The average Bonchev–Trinajstić information content (AvgIpc) is 2.60. The van der Waals surface area contributed by atoms with Crippen LogP contribution in [0.5, 0.6) is 0 Å². The molecule has 0 aliphatic heterocycles. The maximum atomic E-state index is 9.74. The Morgan fingerprint density at radius 2 is 0.754 bits per heavy atom. The van der Waals surface area contributed by atoms with Gasteiger partial charge in [-0.1, -0.05) is 163 Å². The molecule has 0 saturated heterocycles. The zero-order valence-electron chi connectivity index (χ0n) is 53.2. The van der Waals surface area contributed by atoms with Crippen LogP contribution in [-0.4, -0.2) is 9.97 Å². The van der Waals surface area contributed by atoms with E-state index in [2.05, 4.69) is 0 Å². The Hall–Kier alpha value is -7.72. The van der Waals surface area contributed by atoms with Gasteiger partial charge in [0, 0.05) is 15.6 Å². The Kier molecular flexibility index (Phi) is 4.20. The Labute approximate surface area is 386 Å². The van der Waals surface area contributed by atoms with Gasteiger partial charge in [0.15, 0.2) is 0 Å². The molecule has 2 heterocycles. The van der Waals surface area contributed by atoms with E-state index in [0.717, 1.165) is 10.1 Å². The van der Waals surface area contributed by atoms with Crippen molar-refractivity contribution in [2.24, 2.45) is 0 Å². The summed E-state index contributed by atoms with van der Waals surface area (Å²) in [6.07, 6.45) is 1.39. The highest BCUT2D eigenvalue weighted by Gasteiger charge is 2.16. The fraction of sp³-hybridized carbons (Fsp3) is 0. The molecule has 13 aromatic rings. The molecular formula is C58H34N2S. The molecule has 0 amide bonds. The van der Waals surface area contributed by atoms with Crippen molar-refractivity contribution < 1.29 is 30.2 Å². The highest BCUT2D eigenvalue weighted by Crippen LogP contribution is 2.43. The van der Waals surface area contributed by atoms with Crippen LogP contribution >= 0.6 is 11.3 Å². The first kappa shape index (κ1) is 19.1. The zero-order chi connectivity index (χ0) is 59.2. The SMILES string of the molecule is [2H]c1c([2H])c([2H])c2c(c1[2H])c1c([2H])c([2H])c([2H])c([2H])c1c1c([2H])c(-c3cccc(-c4ccc5sc6c(-c7cccc(-c8c([2H])c([2H])c9c%10c([2H])c([2H])c([2H])c([2H])c%10c%10c([2H])c([2H])c([2H])c([2H])c%10c9c8[2H])c7)ncnc6c5c4)c3)c([2H])c([2H])c21. The third-order valence-electron chi connectivity index (χ3n) is 11.0. The minimum atomic E-state index is -0.658. The fourth-order valence-electron chi connectivity index (χ4n) is 8.24. The number of hydrogen-bond acceptors (Lipinski definition) is 3. The molecule has 0 spiro atoms. The molecule has 13 rings (SSSR count). The number of rotatable bonds is 4. The first-order valence-corrected chi connectivity index (χ1v) is 19.8. The predicted molar refractivity (Wildman–Crippen MR) is 262 cm³/mol. The van der Waals surface area contributed by atoms with Crippen molar-refractivity contribution in [1.29, 1.82) is 0 Å². The summed E-state index contributed by atoms with van der Waals surface area (Å²) in [5.41, 5.74) is 3.33. The first-order valence-electron chi connectivity index (χ1n) is 30.0. The highest BCUT2D eigenvalue weighted by molar-refractivity contribution is 7.26. The van der Waals surface area contributed by atoms with Crippen LogP contribution in [0, 0.1) is 0 Å². The molecule has 0 fully saturated rings. The molecule has 2 aromatic heterocycles. The largest absolute Gasteiger partial charge is 0.235 e. The number of hydrogen-bond donors (Lipinski definition) is 0. The fourth-order valence-corrected chi connectivity index (χ4v) is 9.39. The summed E-state index contributed by atoms with van der Waals surface area (Å²) in [7, 11) is 0. The van der Waals surface area contributed by atoms with Gasteiger partial charge in [-0.15, -0.1) is 11.3 Å². The second-order valence-electron chi connectivity index (χ2n) is 14.4. The summed E-state index contributed by atoms with van der Waals surface area (Å²) in [5, 5.41) is -1.97. The molecule has 61 heavy (non-hydrogen) atoms. The van der Waals surface area contributed by atoms with Gasteiger partial charge in [0.2, 0.25) is 0 Å². The van der Waals surface area contributed by atoms with Crippen LogP contribution in [0.4, 0.5) is 0 Å². The minimum absolute atomic E-state index is 0.0526. The maximum absolute atomic E-state index is 9.74. The molecule has 0 saturated carbocycles. The Morgan fingerprint density at radius 3 is 1.26 bits per heavy atom. The molecule has 0 N–H and O–H groups in total. The Balaban J connectivity index is 0.962. The lowest BCUT2D eigenvalue weighted by Gasteiger charge is -2.12. The summed E-state index contributed by atoms with van der Waals surface area (Å²) < 4.78 is 198. The molecule has 11 aromatic carbocycles. The van der Waals surface area contributed by atoms with E-state index in [0.29, 0.717) is 38.2 Å². The molecule has 2 nitrogen and oxygen atoms in total. The standard InChI is InChI=1S/C58H34N2S/c1-3-19-46-42(15-1)44-17-5-7-21-48(44)52-31-38(23-26-50(46)52)35-11-9-12-36(29-35)40-25-28-55-54(33-40)57-58(61-55)56(59-34-60-57)41-14-10-13-37(30-41)39-24-27-51-47-20-4-2-16-43(47)45-18-6-8-22-49(45)53(51)32-39/h1-34H/i1D,2D,3D,4D,5D,6D,7D,8D,15D,16D,17D,18D,19D,20D,21D,22D,23D,24D,26D,27D,31D,32D. The third-order valence-corrected chi connectivity index (χ3v) is 12.2. The van der Waals surface area contributed by atoms with Crippen molar-refractivity contribution >= 4 is 96.3 Å². The summed E-state index contributed by atoms with van der Waals surface area (Å²) in [6, 6.07) is 6.66. The van der Waals surface area contributed by atoms with Gasteiger partial charge in [-0.3, -0.25) is 0 Å². The normalized spacial score (nSPS) is 17.0. The number of benzene rings is 11. The quantitative estimate of drug-likeness (QED) is 0.165. The van der Waals surface area contributed by atoms with E-state index in [1.165, 1.54) is 17.7 Å². The monoisotopic (exact) mass is 812 g/mol. The van der Waals surface area contributed by atoms with Crippen LogP contribution in [0.2, 0.25) is 0 Å². The topological polar surface area (TPSA) is 25.8 Å². The lowest BCUT2D eigenvalue weighted by atomic mass is 9.91. The molecule has 0 radical (unpaired) electrons. The Morgan fingerprint density at radius 1 is 0.344 bits per heavy atom. The van der Waals surface area contributed by atoms with E-state index >= 15 is 0 Å². The van der Waals surface area contributed by atoms with Gasteiger partial charge >= 0.3 is 0 Å². The van der Waals surface area contributed by atoms with Crippen LogP contribution in [0.3, 0.4) is 0 Å². The van der Waals surface area contributed by atoms with Crippen LogP contribution < -0.4 is 0 Å². The molecule has 3 heteroatoms. The molecule has 0 bridgehead atoms. The van der Waals surface area contributed by atoms with Crippen LogP contribution in [-0.2, 0) is 0 Å². The number of thiophene rings is 1. The van der Waals surface area contributed by atoms with Gasteiger partial charge in [0.1, 0.15) is 6.33 Å². The molecular weight excluding hydrogens is 757 g/mol. The van der Waals surface area contributed by atoms with Crippen molar-refractivity contribution in [3.05, 3.63) is 206 Å². The molecule has 0 atom stereocenters. The van der Waals surface area contributed by atoms with Gasteiger partial charge in [-0.05, 0) is 134 Å². The number of fused-ring (bicyclic) bond motifs is 15. The number of nitrogens with zero attached hydrogens (tertiary/aromatic N) is 2. The second-order valence-corrected chi connectivity index (χ2v) is 15.4. The second kappa shape index (κ2) is 13.4. The zero-order valence-corrected chi connectivity index (χ0v) is 32.0. The maximum Gasteiger partial charge on any atom is 0.116 e. The lowest BCUT2D eigenvalue weighted by Crippen LogP contribution is -1.88. The van der Waals surface area contributed by atoms with Crippen molar-refractivity contribution in [2.75, 3.05) is 0 Å². The van der Waals surface area contributed by atoms with E-state index in [-0.39, 0.29) is 87.4 Å². The van der Waals surface area contributed by atoms with E-state index in [1.807, 2.05) is 24.3 Å². The minimum Gasteiger partial charge on any atom is -0.235 e. The van der Waals surface area contributed by atoms with Gasteiger partial charge in [0.05, 0.1) is 46.1 Å². The van der Waals surface area contributed by atoms with E-state index in [9.17, 15) is 8.22 Å². The average molecular weight is 813 g/mol. The molecule has 0 unspecified atom stereocenters. The van der Waals surface area contributed by atoms with Gasteiger partial charge in [-0.2, -0.15) is 0 Å². The molecule has 0 aliphatic rings. The van der Waals surface area contributed by atoms with E-state index in [1.54, 1.807) is 42.5 Å². The third kappa shape index (κ3) is 5.34. The van der Waals surface area contributed by atoms with Crippen molar-refractivity contribution in [3.63, 3.8) is 0 Å². The van der Waals surface area contributed by atoms with Crippen LogP contribution in [0.15, 0.2) is 206 Å². The van der Waals surface area contributed by atoms with Crippen molar-refractivity contribution in [1.82, 2.24) is 9.97 Å². The van der Waals surface area contributed by atoms with Crippen molar-refractivity contribution in [2.45, 2.75) is 0 Å². The summed E-state index contributed by atoms with van der Waals surface area (Å²) in [5.74, 6) is 0. The number of aromatic nitrogens is 2. The van der Waals surface area contributed by atoms with Gasteiger partial charge in [0.25, 0.3) is 0 Å². The lowest BCUT2D eigenvalue weighted by molar-refractivity contribution is 1.24. The van der Waals surface area contributed by atoms with Crippen LogP contribution in [0.25, 0.3) is 130 Å². The first-order chi connectivity index (χ1) is 39.4. The van der Waals surface area contributed by atoms with Gasteiger partial charge in [-0.25, -0.2) is 9.97 Å². The van der Waals surface area contributed by atoms with Crippen molar-refractivity contribution in [3.8, 4) is 44.6 Å².